The Hall–Kier alpha value is -1.39. The summed E-state index contributed by atoms with van der Waals surface area (Å²) >= 11 is 0. The molecule has 0 fully saturated rings. The van der Waals surface area contributed by atoms with Gasteiger partial charge < -0.3 is 4.90 Å². The second-order valence-electron chi connectivity index (χ2n) is 2.80. The van der Waals surface area contributed by atoms with Crippen LogP contribution in [-0.4, -0.2) is 40.2 Å². The molecule has 0 bridgehead atoms. The van der Waals surface area contributed by atoms with Crippen molar-refractivity contribution < 1.29 is 0 Å². The van der Waals surface area contributed by atoms with Gasteiger partial charge in [-0.05, 0) is 13.8 Å². The number of hydrogen-bond donors (Lipinski definition) is 0. The van der Waals surface area contributed by atoms with Crippen molar-refractivity contribution in [3.05, 3.63) is 11.6 Å². The first-order valence-electron chi connectivity index (χ1n) is 3.71. The van der Waals surface area contributed by atoms with Gasteiger partial charge in [0.2, 0.25) is 0 Å². The van der Waals surface area contributed by atoms with E-state index in [1.54, 1.807) is 11.0 Å². The molecule has 12 heavy (non-hydrogen) atoms. The molecular formula is C7H13N5. The number of rotatable bonds is 2. The van der Waals surface area contributed by atoms with E-state index >= 15 is 0 Å². The summed E-state index contributed by atoms with van der Waals surface area (Å²) in [5.74, 6) is 1.59. The van der Waals surface area contributed by atoms with E-state index in [0.717, 1.165) is 11.6 Å². The maximum Gasteiger partial charge on any atom is 0.151 e. The molecule has 1 rings (SSSR count). The van der Waals surface area contributed by atoms with E-state index in [4.69, 9.17) is 0 Å². The number of nitrogens with zero attached hydrogens (tertiary/aromatic N) is 5. The fraction of sp³-hybridized carbons (Fsp3) is 0.571. The van der Waals surface area contributed by atoms with Crippen molar-refractivity contribution in [2.24, 2.45) is 5.10 Å². The quantitative estimate of drug-likeness (QED) is 0.468. The Balaban J connectivity index is 2.87. The molecule has 0 saturated carbocycles. The average molecular weight is 167 g/mol. The van der Waals surface area contributed by atoms with Crippen LogP contribution in [-0.2, 0) is 0 Å². The highest BCUT2D eigenvalue weighted by Crippen LogP contribution is 1.97. The van der Waals surface area contributed by atoms with Gasteiger partial charge in [0.05, 0.1) is 0 Å². The molecule has 0 saturated heterocycles. The Kier molecular flexibility index (Phi) is 2.42. The van der Waals surface area contributed by atoms with Crippen LogP contribution in [0, 0.1) is 13.8 Å². The summed E-state index contributed by atoms with van der Waals surface area (Å²) in [7, 11) is 3.83. The largest absolute Gasteiger partial charge is 0.367 e. The molecule has 1 aromatic heterocycles. The summed E-state index contributed by atoms with van der Waals surface area (Å²) in [6, 6.07) is 0. The second-order valence-corrected chi connectivity index (χ2v) is 2.80. The molecule has 0 spiro atoms. The maximum atomic E-state index is 4.16. The van der Waals surface area contributed by atoms with E-state index in [-0.39, 0.29) is 0 Å². The molecule has 0 unspecified atom stereocenters. The Morgan fingerprint density at radius 3 is 2.17 bits per heavy atom. The van der Waals surface area contributed by atoms with Crippen LogP contribution < -0.4 is 0 Å². The van der Waals surface area contributed by atoms with Gasteiger partial charge in [0.25, 0.3) is 0 Å². The van der Waals surface area contributed by atoms with E-state index in [1.165, 1.54) is 0 Å². The zero-order valence-electron chi connectivity index (χ0n) is 7.81. The van der Waals surface area contributed by atoms with E-state index in [1.807, 2.05) is 32.8 Å². The molecule has 0 aliphatic carbocycles. The molecule has 0 atom stereocenters. The highest BCUT2D eigenvalue weighted by molar-refractivity contribution is 5.53. The summed E-state index contributed by atoms with van der Waals surface area (Å²) in [6.07, 6.45) is 1.71. The van der Waals surface area contributed by atoms with Crippen LogP contribution in [0.2, 0.25) is 0 Å². The lowest BCUT2D eigenvalue weighted by Gasteiger charge is -2.03. The van der Waals surface area contributed by atoms with Crippen LogP contribution in [0.1, 0.15) is 11.6 Å². The topological polar surface area (TPSA) is 46.3 Å². The third-order valence-electron chi connectivity index (χ3n) is 1.35. The Labute approximate surface area is 71.7 Å². The second kappa shape index (κ2) is 3.34. The monoisotopic (exact) mass is 167 g/mol. The lowest BCUT2D eigenvalue weighted by atomic mass is 10.7. The van der Waals surface area contributed by atoms with Gasteiger partial charge in [-0.3, -0.25) is 0 Å². The van der Waals surface area contributed by atoms with Crippen molar-refractivity contribution in [3.8, 4) is 0 Å². The maximum absolute atomic E-state index is 4.16. The first kappa shape index (κ1) is 8.70. The van der Waals surface area contributed by atoms with Crippen molar-refractivity contribution in [3.63, 3.8) is 0 Å². The average Bonchev–Trinajstić information content (AvgIpc) is 2.28. The first-order valence-corrected chi connectivity index (χ1v) is 3.71. The smallest absolute Gasteiger partial charge is 0.151 e. The van der Waals surface area contributed by atoms with Crippen LogP contribution in [0.3, 0.4) is 0 Å². The summed E-state index contributed by atoms with van der Waals surface area (Å²) in [6.45, 7) is 3.74. The molecule has 5 nitrogen and oxygen atoms in total. The van der Waals surface area contributed by atoms with Gasteiger partial charge in [-0.1, -0.05) is 0 Å². The van der Waals surface area contributed by atoms with Gasteiger partial charge in [-0.15, -0.1) is 10.2 Å². The molecule has 1 aromatic rings. The third-order valence-corrected chi connectivity index (χ3v) is 1.35. The summed E-state index contributed by atoms with van der Waals surface area (Å²) < 4.78 is 1.69. The Morgan fingerprint density at radius 1 is 1.25 bits per heavy atom. The number of aryl methyl sites for hydroxylation is 2. The number of aromatic nitrogens is 3. The molecule has 0 aliphatic heterocycles. The van der Waals surface area contributed by atoms with E-state index in [0.29, 0.717) is 0 Å². The minimum absolute atomic E-state index is 0.797. The lowest BCUT2D eigenvalue weighted by molar-refractivity contribution is 0.628. The molecular weight excluding hydrogens is 154 g/mol. The summed E-state index contributed by atoms with van der Waals surface area (Å²) in [5, 5.41) is 11.9. The summed E-state index contributed by atoms with van der Waals surface area (Å²) in [5.41, 5.74) is 0. The fourth-order valence-electron chi connectivity index (χ4n) is 0.786. The summed E-state index contributed by atoms with van der Waals surface area (Å²) in [4.78, 5) is 1.86. The lowest BCUT2D eigenvalue weighted by Crippen LogP contribution is -2.10. The standard InChI is InChI=1S/C7H13N5/c1-6-9-10-7(2)12(6)8-5-11(3)4/h5H,1-4H3/b8-5+. The van der Waals surface area contributed by atoms with Crippen LogP contribution >= 0.6 is 0 Å². The van der Waals surface area contributed by atoms with Crippen molar-refractivity contribution in [2.45, 2.75) is 13.8 Å². The van der Waals surface area contributed by atoms with Crippen LogP contribution in [0.5, 0.6) is 0 Å². The van der Waals surface area contributed by atoms with Crippen molar-refractivity contribution in [1.29, 1.82) is 0 Å². The van der Waals surface area contributed by atoms with Gasteiger partial charge in [0, 0.05) is 14.1 Å². The SMILES string of the molecule is Cc1nnc(C)n1/N=C/N(C)C. The van der Waals surface area contributed by atoms with Gasteiger partial charge in [0.15, 0.2) is 11.6 Å². The Morgan fingerprint density at radius 2 is 1.75 bits per heavy atom. The van der Waals surface area contributed by atoms with Crippen LogP contribution in [0.15, 0.2) is 5.10 Å². The molecule has 1 heterocycles. The van der Waals surface area contributed by atoms with Gasteiger partial charge in [0.1, 0.15) is 6.34 Å². The molecule has 0 radical (unpaired) electrons. The molecule has 0 N–H and O–H groups in total. The molecule has 66 valence electrons. The number of hydrogen-bond acceptors (Lipinski definition) is 3. The predicted molar refractivity (Wildman–Crippen MR) is 47.1 cm³/mol. The van der Waals surface area contributed by atoms with Crippen molar-refractivity contribution in [1.82, 2.24) is 19.8 Å². The van der Waals surface area contributed by atoms with E-state index in [9.17, 15) is 0 Å². The molecule has 0 amide bonds. The van der Waals surface area contributed by atoms with Crippen LogP contribution in [0.25, 0.3) is 0 Å². The van der Waals surface area contributed by atoms with Gasteiger partial charge in [-0.2, -0.15) is 5.10 Å². The van der Waals surface area contributed by atoms with Gasteiger partial charge >= 0.3 is 0 Å². The van der Waals surface area contributed by atoms with Crippen molar-refractivity contribution >= 4 is 6.34 Å². The zero-order chi connectivity index (χ0) is 9.14. The first-order chi connectivity index (χ1) is 5.61. The minimum Gasteiger partial charge on any atom is -0.367 e. The highest BCUT2D eigenvalue weighted by atomic mass is 15.5. The van der Waals surface area contributed by atoms with Crippen molar-refractivity contribution in [2.75, 3.05) is 14.1 Å². The minimum atomic E-state index is 0.797. The normalized spacial score (nSPS) is 11.0. The van der Waals surface area contributed by atoms with Gasteiger partial charge in [-0.25, -0.2) is 4.68 Å². The van der Waals surface area contributed by atoms with Crippen LogP contribution in [0.4, 0.5) is 0 Å². The predicted octanol–water partition coefficient (Wildman–Crippen LogP) is 0.248. The van der Waals surface area contributed by atoms with E-state index < -0.39 is 0 Å². The Bertz CT molecular complexity index is 266. The zero-order valence-corrected chi connectivity index (χ0v) is 7.81. The molecule has 0 aromatic carbocycles. The van der Waals surface area contributed by atoms with E-state index in [2.05, 4.69) is 15.3 Å². The highest BCUT2D eigenvalue weighted by Gasteiger charge is 2.00. The third kappa shape index (κ3) is 1.81. The molecule has 0 aliphatic rings. The molecule has 5 heteroatoms. The fourth-order valence-corrected chi connectivity index (χ4v) is 0.786.